The molecule has 0 radical (unpaired) electrons. The monoisotopic (exact) mass is 390 g/mol. The first-order valence-electron chi connectivity index (χ1n) is 7.98. The summed E-state index contributed by atoms with van der Waals surface area (Å²) < 4.78 is 4.98. The number of H-pyrrole nitrogens is 1. The number of benzene rings is 2. The van der Waals surface area contributed by atoms with Crippen molar-refractivity contribution in [1.82, 2.24) is 10.3 Å². The predicted molar refractivity (Wildman–Crippen MR) is 102 cm³/mol. The Kier molecular flexibility index (Phi) is 5.81. The van der Waals surface area contributed by atoms with Gasteiger partial charge in [0.05, 0.1) is 10.6 Å². The van der Waals surface area contributed by atoms with Crippen LogP contribution in [0.1, 0.15) is 15.9 Å². The van der Waals surface area contributed by atoms with Gasteiger partial charge in [-0.05, 0) is 36.2 Å². The van der Waals surface area contributed by atoms with Gasteiger partial charge in [-0.1, -0.05) is 41.4 Å². The number of amides is 1. The van der Waals surface area contributed by atoms with Crippen LogP contribution in [-0.4, -0.2) is 30.0 Å². The largest absolute Gasteiger partial charge is 0.452 e. The molecule has 5 nitrogen and oxygen atoms in total. The second kappa shape index (κ2) is 8.25. The molecule has 134 valence electrons. The molecule has 0 saturated heterocycles. The van der Waals surface area contributed by atoms with E-state index in [0.29, 0.717) is 18.0 Å². The Morgan fingerprint density at radius 1 is 1.12 bits per heavy atom. The van der Waals surface area contributed by atoms with E-state index in [1.807, 2.05) is 30.5 Å². The van der Waals surface area contributed by atoms with Gasteiger partial charge >= 0.3 is 5.97 Å². The van der Waals surface area contributed by atoms with Crippen molar-refractivity contribution in [2.24, 2.45) is 0 Å². The first kappa shape index (κ1) is 18.3. The summed E-state index contributed by atoms with van der Waals surface area (Å²) in [5, 5.41) is 4.44. The molecule has 3 rings (SSSR count). The first-order chi connectivity index (χ1) is 12.5. The lowest BCUT2D eigenvalue weighted by Crippen LogP contribution is -2.30. The van der Waals surface area contributed by atoms with Gasteiger partial charge < -0.3 is 15.0 Å². The molecule has 0 aliphatic heterocycles. The molecule has 3 aromatic rings. The fourth-order valence-electron chi connectivity index (χ4n) is 2.59. The van der Waals surface area contributed by atoms with Crippen LogP contribution >= 0.6 is 23.2 Å². The van der Waals surface area contributed by atoms with E-state index in [1.54, 1.807) is 6.07 Å². The van der Waals surface area contributed by atoms with Gasteiger partial charge in [0.1, 0.15) is 0 Å². The van der Waals surface area contributed by atoms with Crippen LogP contribution in [0.5, 0.6) is 0 Å². The van der Waals surface area contributed by atoms with E-state index in [-0.39, 0.29) is 23.1 Å². The minimum Gasteiger partial charge on any atom is -0.452 e. The molecule has 1 heterocycles. The number of aromatic nitrogens is 1. The molecule has 0 bridgehead atoms. The fraction of sp³-hybridized carbons (Fsp3) is 0.158. The van der Waals surface area contributed by atoms with E-state index >= 15 is 0 Å². The van der Waals surface area contributed by atoms with Crippen LogP contribution in [0, 0.1) is 0 Å². The SMILES string of the molecule is O=C(COC(=O)c1cc(Cl)ccc1Cl)NCCc1c[nH]c2ccccc12. The topological polar surface area (TPSA) is 71.2 Å². The molecule has 0 aliphatic carbocycles. The molecular weight excluding hydrogens is 375 g/mol. The van der Waals surface area contributed by atoms with Crippen molar-refractivity contribution in [3.05, 3.63) is 69.8 Å². The molecule has 1 amide bonds. The number of ether oxygens (including phenoxy) is 1. The second-order valence-electron chi connectivity index (χ2n) is 5.66. The lowest BCUT2D eigenvalue weighted by molar-refractivity contribution is -0.124. The summed E-state index contributed by atoms with van der Waals surface area (Å²) in [6.45, 7) is 0.0612. The number of halogens is 2. The quantitative estimate of drug-likeness (QED) is 0.625. The van der Waals surface area contributed by atoms with Crippen LogP contribution in [0.2, 0.25) is 10.0 Å². The number of aromatic amines is 1. The Morgan fingerprint density at radius 2 is 1.92 bits per heavy atom. The molecule has 0 atom stereocenters. The number of rotatable bonds is 6. The van der Waals surface area contributed by atoms with Gasteiger partial charge in [-0.15, -0.1) is 0 Å². The van der Waals surface area contributed by atoms with E-state index in [0.717, 1.165) is 16.5 Å². The molecule has 0 fully saturated rings. The summed E-state index contributed by atoms with van der Waals surface area (Å²) in [5.74, 6) is -1.07. The van der Waals surface area contributed by atoms with Crippen LogP contribution in [-0.2, 0) is 16.0 Å². The van der Waals surface area contributed by atoms with Crippen LogP contribution in [0.3, 0.4) is 0 Å². The average molecular weight is 391 g/mol. The normalized spacial score (nSPS) is 10.7. The molecule has 1 aromatic heterocycles. The highest BCUT2D eigenvalue weighted by atomic mass is 35.5. The Labute approximate surface area is 160 Å². The second-order valence-corrected chi connectivity index (χ2v) is 6.50. The molecular formula is C19H16Cl2N2O3. The Bertz CT molecular complexity index is 953. The maximum Gasteiger partial charge on any atom is 0.340 e. The van der Waals surface area contributed by atoms with E-state index in [9.17, 15) is 9.59 Å². The zero-order chi connectivity index (χ0) is 18.5. The Balaban J connectivity index is 1.47. The van der Waals surface area contributed by atoms with Gasteiger partial charge in [0.15, 0.2) is 6.61 Å². The average Bonchev–Trinajstić information content (AvgIpc) is 3.05. The third kappa shape index (κ3) is 4.36. The Morgan fingerprint density at radius 3 is 2.77 bits per heavy atom. The minimum atomic E-state index is -0.690. The molecule has 0 unspecified atom stereocenters. The molecule has 0 spiro atoms. The maximum absolute atomic E-state index is 12.0. The summed E-state index contributed by atoms with van der Waals surface area (Å²) in [5.41, 5.74) is 2.30. The van der Waals surface area contributed by atoms with Crippen molar-refractivity contribution in [3.63, 3.8) is 0 Å². The van der Waals surface area contributed by atoms with Crippen molar-refractivity contribution < 1.29 is 14.3 Å². The number of fused-ring (bicyclic) bond motifs is 1. The van der Waals surface area contributed by atoms with Crippen LogP contribution in [0.15, 0.2) is 48.7 Å². The molecule has 0 saturated carbocycles. The van der Waals surface area contributed by atoms with E-state index < -0.39 is 5.97 Å². The van der Waals surface area contributed by atoms with Gasteiger partial charge in [0, 0.05) is 28.7 Å². The third-order valence-electron chi connectivity index (χ3n) is 3.87. The zero-order valence-corrected chi connectivity index (χ0v) is 15.2. The number of esters is 1. The number of hydrogen-bond donors (Lipinski definition) is 2. The van der Waals surface area contributed by atoms with Gasteiger partial charge in [0.2, 0.25) is 0 Å². The third-order valence-corrected chi connectivity index (χ3v) is 4.44. The summed E-state index contributed by atoms with van der Waals surface area (Å²) in [6.07, 6.45) is 2.60. The number of hydrogen-bond acceptors (Lipinski definition) is 3. The predicted octanol–water partition coefficient (Wildman–Crippen LogP) is 3.99. The van der Waals surface area contributed by atoms with Gasteiger partial charge in [-0.25, -0.2) is 4.79 Å². The molecule has 2 aromatic carbocycles. The highest BCUT2D eigenvalue weighted by Crippen LogP contribution is 2.21. The van der Waals surface area contributed by atoms with Crippen LogP contribution in [0.25, 0.3) is 10.9 Å². The summed E-state index contributed by atoms with van der Waals surface area (Å²) in [6, 6.07) is 12.4. The van der Waals surface area contributed by atoms with E-state index in [2.05, 4.69) is 10.3 Å². The van der Waals surface area contributed by atoms with Crippen molar-refractivity contribution in [2.45, 2.75) is 6.42 Å². The van der Waals surface area contributed by atoms with Gasteiger partial charge in [0.25, 0.3) is 5.91 Å². The van der Waals surface area contributed by atoms with E-state index in [1.165, 1.54) is 12.1 Å². The van der Waals surface area contributed by atoms with Gasteiger partial charge in [-0.2, -0.15) is 0 Å². The molecule has 0 aliphatic rings. The number of carbonyl (C=O) groups excluding carboxylic acids is 2. The fourth-order valence-corrected chi connectivity index (χ4v) is 2.96. The van der Waals surface area contributed by atoms with Crippen LogP contribution in [0.4, 0.5) is 0 Å². The lowest BCUT2D eigenvalue weighted by Gasteiger charge is -2.07. The Hall–Kier alpha value is -2.50. The first-order valence-corrected chi connectivity index (χ1v) is 8.74. The molecule has 7 heteroatoms. The smallest absolute Gasteiger partial charge is 0.340 e. The minimum absolute atomic E-state index is 0.130. The maximum atomic E-state index is 12.0. The summed E-state index contributed by atoms with van der Waals surface area (Å²) in [4.78, 5) is 27.0. The highest BCUT2D eigenvalue weighted by Gasteiger charge is 2.14. The zero-order valence-electron chi connectivity index (χ0n) is 13.7. The standard InChI is InChI=1S/C19H16Cl2N2O3/c20-13-5-6-16(21)15(9-13)19(25)26-11-18(24)22-8-7-12-10-23-17-4-2-1-3-14(12)17/h1-6,9-10,23H,7-8,11H2,(H,22,24). The number of nitrogens with one attached hydrogen (secondary N) is 2. The van der Waals surface area contributed by atoms with Crippen molar-refractivity contribution in [2.75, 3.05) is 13.2 Å². The lowest BCUT2D eigenvalue weighted by atomic mass is 10.1. The van der Waals surface area contributed by atoms with Crippen molar-refractivity contribution in [3.8, 4) is 0 Å². The van der Waals surface area contributed by atoms with Gasteiger partial charge in [-0.3, -0.25) is 4.79 Å². The number of para-hydroxylation sites is 1. The molecule has 2 N–H and O–H groups in total. The summed E-state index contributed by atoms with van der Waals surface area (Å²) >= 11 is 11.8. The van der Waals surface area contributed by atoms with E-state index in [4.69, 9.17) is 27.9 Å². The van der Waals surface area contributed by atoms with Crippen molar-refractivity contribution in [1.29, 1.82) is 0 Å². The molecule has 26 heavy (non-hydrogen) atoms. The number of carbonyl (C=O) groups is 2. The highest BCUT2D eigenvalue weighted by molar-refractivity contribution is 6.35. The van der Waals surface area contributed by atoms with Crippen molar-refractivity contribution >= 4 is 46.0 Å². The summed E-state index contributed by atoms with van der Waals surface area (Å²) in [7, 11) is 0. The van der Waals surface area contributed by atoms with Crippen LogP contribution < -0.4 is 5.32 Å².